The molecule has 0 unspecified atom stereocenters. The van der Waals surface area contributed by atoms with Crippen molar-refractivity contribution in [2.75, 3.05) is 37.6 Å². The quantitative estimate of drug-likeness (QED) is 0.382. The summed E-state index contributed by atoms with van der Waals surface area (Å²) in [6.07, 6.45) is 1.24. The summed E-state index contributed by atoms with van der Waals surface area (Å²) in [7, 11) is -2.58. The molecule has 0 aliphatic carbocycles. The van der Waals surface area contributed by atoms with Crippen molar-refractivity contribution in [1.29, 1.82) is 0 Å². The van der Waals surface area contributed by atoms with Gasteiger partial charge < -0.3 is 14.7 Å². The molecule has 3 aromatic carbocycles. The van der Waals surface area contributed by atoms with Gasteiger partial charge in [0.25, 0.3) is 10.0 Å². The number of likely N-dealkylation sites (tertiary alicyclic amines) is 1. The number of Topliss-reactive ketones (excluding diaryl/α,β-unsaturated/α-hetero) is 1. The number of hydrogen-bond donors (Lipinski definition) is 1. The fourth-order valence-corrected chi connectivity index (χ4v) is 6.07. The van der Waals surface area contributed by atoms with Crippen LogP contribution in [0.4, 0.5) is 10.1 Å². The molecule has 0 saturated carbocycles. The predicted molar refractivity (Wildman–Crippen MR) is 141 cm³/mol. The lowest BCUT2D eigenvalue weighted by atomic mass is 9.89. The number of carboxylic acid groups (broad SMARTS) is 1. The van der Waals surface area contributed by atoms with E-state index in [0.29, 0.717) is 49.5 Å². The normalized spacial score (nSPS) is 14.7. The molecule has 8 nitrogen and oxygen atoms in total. The second-order valence-electron chi connectivity index (χ2n) is 9.07. The number of carboxylic acids is 1. The number of sulfonamides is 1. The smallest absolute Gasteiger partial charge is 0.335 e. The highest BCUT2D eigenvalue weighted by atomic mass is 32.2. The van der Waals surface area contributed by atoms with Gasteiger partial charge in [-0.05, 0) is 86.6 Å². The Labute approximate surface area is 221 Å². The highest BCUT2D eigenvalue weighted by Crippen LogP contribution is 2.32. The predicted octanol–water partition coefficient (Wildman–Crippen LogP) is 4.32. The zero-order chi connectivity index (χ0) is 27.3. The molecule has 10 heteroatoms. The van der Waals surface area contributed by atoms with Crippen LogP contribution in [0, 0.1) is 11.7 Å². The van der Waals surface area contributed by atoms with Gasteiger partial charge in [0.2, 0.25) is 0 Å². The van der Waals surface area contributed by atoms with Crippen molar-refractivity contribution in [2.24, 2.45) is 5.92 Å². The Bertz CT molecular complexity index is 1390. The van der Waals surface area contributed by atoms with E-state index in [4.69, 9.17) is 4.74 Å². The number of piperidine rings is 1. The van der Waals surface area contributed by atoms with Gasteiger partial charge in [0, 0.05) is 24.6 Å². The molecule has 1 N–H and O–H groups in total. The molecule has 1 heterocycles. The number of carbonyl (C=O) groups is 2. The minimum absolute atomic E-state index is 0.00677. The molecule has 0 amide bonds. The van der Waals surface area contributed by atoms with E-state index in [1.165, 1.54) is 59.9 Å². The number of ketones is 1. The molecule has 1 aliphatic rings. The monoisotopic (exact) mass is 540 g/mol. The van der Waals surface area contributed by atoms with Crippen LogP contribution in [0.5, 0.6) is 5.75 Å². The first-order chi connectivity index (χ1) is 18.2. The average molecular weight is 541 g/mol. The van der Waals surface area contributed by atoms with Crippen LogP contribution in [0.1, 0.15) is 33.6 Å². The first kappa shape index (κ1) is 27.3. The number of halogens is 1. The molecule has 0 bridgehead atoms. The standard InChI is InChI=1S/C28H29FN2O6S/c1-37-26-5-3-2-4-25(26)31(38(35,36)24-12-8-22(9-13-24)28(33)34)19-18-30-16-14-21(15-17-30)27(32)20-6-10-23(29)11-7-20/h2-13,21H,14-19H2,1H3,(H,33,34). The summed E-state index contributed by atoms with van der Waals surface area (Å²) < 4.78 is 47.3. The number of para-hydroxylation sites is 2. The molecule has 1 aliphatic heterocycles. The Hall–Kier alpha value is -3.76. The van der Waals surface area contributed by atoms with Crippen molar-refractivity contribution < 1.29 is 32.2 Å². The lowest BCUT2D eigenvalue weighted by molar-refractivity contribution is 0.0696. The number of nitrogens with zero attached hydrogens (tertiary/aromatic N) is 2. The Kier molecular flexibility index (Phi) is 8.43. The van der Waals surface area contributed by atoms with E-state index in [1.54, 1.807) is 24.3 Å². The number of rotatable bonds is 10. The molecule has 38 heavy (non-hydrogen) atoms. The van der Waals surface area contributed by atoms with Crippen molar-refractivity contribution in [3.63, 3.8) is 0 Å². The van der Waals surface area contributed by atoms with Gasteiger partial charge in [0.1, 0.15) is 11.6 Å². The molecule has 0 spiro atoms. The zero-order valence-corrected chi connectivity index (χ0v) is 21.7. The van der Waals surface area contributed by atoms with Crippen LogP contribution in [0.2, 0.25) is 0 Å². The summed E-state index contributed by atoms with van der Waals surface area (Å²) >= 11 is 0. The van der Waals surface area contributed by atoms with Crippen molar-refractivity contribution in [2.45, 2.75) is 17.7 Å². The van der Waals surface area contributed by atoms with Gasteiger partial charge in [0.05, 0.1) is 23.3 Å². The zero-order valence-electron chi connectivity index (χ0n) is 20.9. The second-order valence-corrected chi connectivity index (χ2v) is 10.9. The molecular weight excluding hydrogens is 511 g/mol. The molecule has 200 valence electrons. The number of carbonyl (C=O) groups excluding carboxylic acids is 1. The largest absolute Gasteiger partial charge is 0.495 e. The van der Waals surface area contributed by atoms with Crippen LogP contribution < -0.4 is 9.04 Å². The van der Waals surface area contributed by atoms with Crippen molar-refractivity contribution in [3.8, 4) is 5.75 Å². The first-order valence-corrected chi connectivity index (χ1v) is 13.7. The van der Waals surface area contributed by atoms with Crippen molar-refractivity contribution >= 4 is 27.5 Å². The Balaban J connectivity index is 1.49. The third-order valence-corrected chi connectivity index (χ3v) is 8.58. The van der Waals surface area contributed by atoms with E-state index in [2.05, 4.69) is 4.90 Å². The van der Waals surface area contributed by atoms with Crippen LogP contribution in [-0.2, 0) is 10.0 Å². The summed E-state index contributed by atoms with van der Waals surface area (Å²) in [5.74, 6) is -1.31. The highest BCUT2D eigenvalue weighted by Gasteiger charge is 2.30. The first-order valence-electron chi connectivity index (χ1n) is 12.2. The van der Waals surface area contributed by atoms with Crippen molar-refractivity contribution in [3.05, 3.63) is 89.7 Å². The molecule has 1 fully saturated rings. The minimum atomic E-state index is -4.04. The van der Waals surface area contributed by atoms with Gasteiger partial charge in [-0.15, -0.1) is 0 Å². The Morgan fingerprint density at radius 3 is 2.18 bits per heavy atom. The van der Waals surface area contributed by atoms with Crippen LogP contribution in [0.25, 0.3) is 0 Å². The molecule has 1 saturated heterocycles. The molecule has 0 aromatic heterocycles. The lowest BCUT2D eigenvalue weighted by Crippen LogP contribution is -2.43. The topological polar surface area (TPSA) is 104 Å². The molecular formula is C28H29FN2O6S. The number of hydrogen-bond acceptors (Lipinski definition) is 6. The third kappa shape index (κ3) is 6.03. The number of anilines is 1. The highest BCUT2D eigenvalue weighted by molar-refractivity contribution is 7.92. The lowest BCUT2D eigenvalue weighted by Gasteiger charge is -2.33. The Morgan fingerprint density at radius 2 is 1.58 bits per heavy atom. The van der Waals surface area contributed by atoms with E-state index < -0.39 is 16.0 Å². The van der Waals surface area contributed by atoms with Crippen LogP contribution in [-0.4, -0.2) is 63.5 Å². The molecule has 0 atom stereocenters. The number of methoxy groups -OCH3 is 1. The SMILES string of the molecule is COc1ccccc1N(CCN1CCC(C(=O)c2ccc(F)cc2)CC1)S(=O)(=O)c1ccc(C(=O)O)cc1. The summed E-state index contributed by atoms with van der Waals surface area (Å²) in [5, 5.41) is 9.17. The number of benzene rings is 3. The van der Waals surface area contributed by atoms with Crippen molar-refractivity contribution in [1.82, 2.24) is 4.90 Å². The van der Waals surface area contributed by atoms with Crippen LogP contribution >= 0.6 is 0 Å². The summed E-state index contributed by atoms with van der Waals surface area (Å²) in [4.78, 5) is 26.1. The fourth-order valence-electron chi connectivity index (χ4n) is 4.60. The van der Waals surface area contributed by atoms with E-state index in [0.717, 1.165) is 0 Å². The van der Waals surface area contributed by atoms with E-state index in [-0.39, 0.29) is 34.5 Å². The number of ether oxygens (including phenoxy) is 1. The minimum Gasteiger partial charge on any atom is -0.495 e. The van der Waals surface area contributed by atoms with Gasteiger partial charge in [-0.25, -0.2) is 17.6 Å². The molecule has 4 rings (SSSR count). The maximum Gasteiger partial charge on any atom is 0.335 e. The van der Waals surface area contributed by atoms with E-state index >= 15 is 0 Å². The van der Waals surface area contributed by atoms with E-state index in [9.17, 15) is 27.5 Å². The molecule has 3 aromatic rings. The van der Waals surface area contributed by atoms with Gasteiger partial charge in [-0.2, -0.15) is 0 Å². The Morgan fingerprint density at radius 1 is 0.974 bits per heavy atom. The summed E-state index contributed by atoms with van der Waals surface area (Å²) in [5.41, 5.74) is 0.858. The van der Waals surface area contributed by atoms with Crippen LogP contribution in [0.15, 0.2) is 77.7 Å². The summed E-state index contributed by atoms with van der Waals surface area (Å²) in [6, 6.07) is 17.5. The molecule has 0 radical (unpaired) electrons. The maximum atomic E-state index is 13.7. The van der Waals surface area contributed by atoms with Gasteiger partial charge in [0.15, 0.2) is 5.78 Å². The van der Waals surface area contributed by atoms with Gasteiger partial charge in [-0.1, -0.05) is 12.1 Å². The third-order valence-electron chi connectivity index (χ3n) is 6.75. The average Bonchev–Trinajstić information content (AvgIpc) is 2.93. The van der Waals surface area contributed by atoms with Gasteiger partial charge in [-0.3, -0.25) is 9.10 Å². The van der Waals surface area contributed by atoms with E-state index in [1.807, 2.05) is 0 Å². The van der Waals surface area contributed by atoms with Gasteiger partial charge >= 0.3 is 5.97 Å². The fraction of sp³-hybridized carbons (Fsp3) is 0.286. The second kappa shape index (κ2) is 11.7. The number of aromatic carboxylic acids is 1. The maximum absolute atomic E-state index is 13.7. The summed E-state index contributed by atoms with van der Waals surface area (Å²) in [6.45, 7) is 1.78. The van der Waals surface area contributed by atoms with Crippen LogP contribution in [0.3, 0.4) is 0 Å².